The quantitative estimate of drug-likeness (QED) is 0.306. The van der Waals surface area contributed by atoms with Gasteiger partial charge in [0.05, 0.1) is 21.6 Å². The summed E-state index contributed by atoms with van der Waals surface area (Å²) < 4.78 is 0. The van der Waals surface area contributed by atoms with Gasteiger partial charge in [-0.05, 0) is 18.2 Å². The lowest BCUT2D eigenvalue weighted by Gasteiger charge is -2.03. The second kappa shape index (κ2) is 3.66. The smallest absolute Gasteiger partial charge is 0.270 e. The number of aromatic nitrogens is 1. The first-order chi connectivity index (χ1) is 8.65. The van der Waals surface area contributed by atoms with Crippen molar-refractivity contribution in [3.63, 3.8) is 0 Å². The van der Waals surface area contributed by atoms with E-state index in [1.807, 2.05) is 18.2 Å². The number of benzene rings is 2. The number of rotatable bonds is 1. The van der Waals surface area contributed by atoms with Gasteiger partial charge in [-0.3, -0.25) is 10.1 Å². The van der Waals surface area contributed by atoms with Crippen molar-refractivity contribution in [1.29, 1.82) is 0 Å². The highest BCUT2D eigenvalue weighted by atomic mass is 16.6. The van der Waals surface area contributed by atoms with Gasteiger partial charge in [-0.2, -0.15) is 0 Å². The van der Waals surface area contributed by atoms with Gasteiger partial charge >= 0.3 is 0 Å². The summed E-state index contributed by atoms with van der Waals surface area (Å²) >= 11 is 0. The summed E-state index contributed by atoms with van der Waals surface area (Å²) in [6, 6.07) is 12.0. The van der Waals surface area contributed by atoms with Crippen molar-refractivity contribution >= 4 is 33.2 Å². The van der Waals surface area contributed by atoms with Crippen LogP contribution in [0.15, 0.2) is 42.5 Å². The lowest BCUT2D eigenvalue weighted by atomic mass is 10.1. The van der Waals surface area contributed by atoms with Gasteiger partial charge in [-0.15, -0.1) is 0 Å². The summed E-state index contributed by atoms with van der Waals surface area (Å²) in [5.41, 5.74) is 7.94. The first kappa shape index (κ1) is 10.5. The molecular weight excluding hydrogens is 230 g/mol. The minimum Gasteiger partial charge on any atom is -0.397 e. The van der Waals surface area contributed by atoms with Crippen molar-refractivity contribution in [2.45, 2.75) is 0 Å². The number of hydrogen-bond donors (Lipinski definition) is 1. The van der Waals surface area contributed by atoms with Crippen molar-refractivity contribution in [2.75, 3.05) is 5.73 Å². The maximum Gasteiger partial charge on any atom is 0.270 e. The number of nitro groups is 1. The van der Waals surface area contributed by atoms with E-state index in [0.717, 1.165) is 16.3 Å². The number of hydrogen-bond acceptors (Lipinski definition) is 4. The zero-order valence-electron chi connectivity index (χ0n) is 9.33. The Hall–Kier alpha value is -2.69. The highest BCUT2D eigenvalue weighted by Gasteiger charge is 2.08. The van der Waals surface area contributed by atoms with Crippen LogP contribution in [-0.4, -0.2) is 9.91 Å². The summed E-state index contributed by atoms with van der Waals surface area (Å²) in [4.78, 5) is 14.7. The zero-order valence-corrected chi connectivity index (χ0v) is 9.33. The van der Waals surface area contributed by atoms with Crippen molar-refractivity contribution < 1.29 is 4.92 Å². The number of anilines is 1. The number of pyridine rings is 1. The summed E-state index contributed by atoms with van der Waals surface area (Å²) in [5.74, 6) is 0. The molecule has 0 bridgehead atoms. The number of para-hydroxylation sites is 1. The van der Waals surface area contributed by atoms with E-state index in [9.17, 15) is 10.1 Å². The molecule has 3 rings (SSSR count). The molecule has 3 aromatic rings. The van der Waals surface area contributed by atoms with Gasteiger partial charge < -0.3 is 5.73 Å². The van der Waals surface area contributed by atoms with E-state index in [1.54, 1.807) is 12.1 Å². The molecule has 0 aliphatic rings. The second-order valence-corrected chi connectivity index (χ2v) is 4.04. The molecule has 0 atom stereocenters. The fourth-order valence-electron chi connectivity index (χ4n) is 1.99. The number of nitro benzene ring substituents is 1. The monoisotopic (exact) mass is 239 g/mol. The molecule has 1 heterocycles. The van der Waals surface area contributed by atoms with Crippen LogP contribution in [0.2, 0.25) is 0 Å². The molecule has 0 aliphatic heterocycles. The van der Waals surface area contributed by atoms with Crippen LogP contribution in [0.4, 0.5) is 11.4 Å². The second-order valence-electron chi connectivity index (χ2n) is 4.04. The Kier molecular flexibility index (Phi) is 2.13. The Morgan fingerprint density at radius 3 is 2.72 bits per heavy atom. The van der Waals surface area contributed by atoms with E-state index in [-0.39, 0.29) is 5.69 Å². The van der Waals surface area contributed by atoms with Crippen LogP contribution >= 0.6 is 0 Å². The molecule has 18 heavy (non-hydrogen) atoms. The molecule has 0 radical (unpaired) electrons. The number of fused-ring (bicyclic) bond motifs is 2. The van der Waals surface area contributed by atoms with Crippen LogP contribution in [0.1, 0.15) is 0 Å². The normalized spacial score (nSPS) is 10.9. The van der Waals surface area contributed by atoms with Crippen LogP contribution < -0.4 is 5.73 Å². The molecule has 5 nitrogen and oxygen atoms in total. The van der Waals surface area contributed by atoms with Gasteiger partial charge in [-0.25, -0.2) is 4.98 Å². The predicted octanol–water partition coefficient (Wildman–Crippen LogP) is 2.88. The zero-order chi connectivity index (χ0) is 12.7. The molecule has 88 valence electrons. The third-order valence-corrected chi connectivity index (χ3v) is 2.86. The van der Waals surface area contributed by atoms with Crippen LogP contribution in [0.3, 0.4) is 0 Å². The molecule has 0 unspecified atom stereocenters. The molecule has 2 N–H and O–H groups in total. The first-order valence-electron chi connectivity index (χ1n) is 5.38. The van der Waals surface area contributed by atoms with E-state index in [1.165, 1.54) is 12.1 Å². The van der Waals surface area contributed by atoms with Crippen molar-refractivity contribution in [1.82, 2.24) is 4.98 Å². The van der Waals surface area contributed by atoms with Gasteiger partial charge in [-0.1, -0.05) is 12.1 Å². The highest BCUT2D eigenvalue weighted by molar-refractivity contribution is 5.98. The maximum absolute atomic E-state index is 10.7. The first-order valence-corrected chi connectivity index (χ1v) is 5.38. The summed E-state index contributed by atoms with van der Waals surface area (Å²) in [7, 11) is 0. The van der Waals surface area contributed by atoms with Gasteiger partial charge in [0.1, 0.15) is 0 Å². The maximum atomic E-state index is 10.7. The Morgan fingerprint density at radius 2 is 1.94 bits per heavy atom. The van der Waals surface area contributed by atoms with Crippen LogP contribution in [-0.2, 0) is 0 Å². The Morgan fingerprint density at radius 1 is 1.11 bits per heavy atom. The fraction of sp³-hybridized carbons (Fsp3) is 0. The Labute approximate surface area is 102 Å². The molecule has 0 amide bonds. The Balaban J connectivity index is 2.38. The average Bonchev–Trinajstić information content (AvgIpc) is 2.36. The minimum atomic E-state index is -0.414. The summed E-state index contributed by atoms with van der Waals surface area (Å²) in [6.07, 6.45) is 0. The standard InChI is InChI=1S/C13H9N3O2/c14-11-3-1-2-8-6-9-7-10(16(17)18)4-5-12(9)15-13(8)11/h1-7H,14H2. The van der Waals surface area contributed by atoms with Gasteiger partial charge in [0, 0.05) is 22.9 Å². The van der Waals surface area contributed by atoms with Crippen LogP contribution in [0.25, 0.3) is 21.8 Å². The van der Waals surface area contributed by atoms with Crippen molar-refractivity contribution in [3.8, 4) is 0 Å². The van der Waals surface area contributed by atoms with E-state index < -0.39 is 4.92 Å². The molecular formula is C13H9N3O2. The van der Waals surface area contributed by atoms with Crippen molar-refractivity contribution in [2.24, 2.45) is 0 Å². The molecule has 1 aromatic heterocycles. The SMILES string of the molecule is Nc1cccc2cc3cc([N+](=O)[O-])ccc3nc12. The van der Waals surface area contributed by atoms with Gasteiger partial charge in [0.2, 0.25) is 0 Å². The summed E-state index contributed by atoms with van der Waals surface area (Å²) in [5, 5.41) is 12.3. The lowest BCUT2D eigenvalue weighted by Crippen LogP contribution is -1.91. The number of nitrogens with zero attached hydrogens (tertiary/aromatic N) is 2. The summed E-state index contributed by atoms with van der Waals surface area (Å²) in [6.45, 7) is 0. The van der Waals surface area contributed by atoms with Gasteiger partial charge in [0.25, 0.3) is 5.69 Å². The number of nitrogens with two attached hydrogens (primary N) is 1. The van der Waals surface area contributed by atoms with Crippen LogP contribution in [0, 0.1) is 10.1 Å². The van der Waals surface area contributed by atoms with Crippen molar-refractivity contribution in [3.05, 3.63) is 52.6 Å². The molecule has 0 aliphatic carbocycles. The lowest BCUT2D eigenvalue weighted by molar-refractivity contribution is -0.384. The minimum absolute atomic E-state index is 0.0625. The molecule has 0 spiro atoms. The number of non-ortho nitro benzene ring substituents is 1. The average molecular weight is 239 g/mol. The van der Waals surface area contributed by atoms with Crippen LogP contribution in [0.5, 0.6) is 0 Å². The molecule has 0 fully saturated rings. The number of nitrogen functional groups attached to an aromatic ring is 1. The molecule has 2 aromatic carbocycles. The fourth-order valence-corrected chi connectivity index (χ4v) is 1.99. The molecule has 0 saturated heterocycles. The van der Waals surface area contributed by atoms with E-state index in [4.69, 9.17) is 5.73 Å². The molecule has 0 saturated carbocycles. The van der Waals surface area contributed by atoms with E-state index in [2.05, 4.69) is 4.98 Å². The highest BCUT2D eigenvalue weighted by Crippen LogP contribution is 2.26. The third-order valence-electron chi connectivity index (χ3n) is 2.86. The van der Waals surface area contributed by atoms with E-state index >= 15 is 0 Å². The predicted molar refractivity (Wildman–Crippen MR) is 70.3 cm³/mol. The van der Waals surface area contributed by atoms with Gasteiger partial charge in [0.15, 0.2) is 0 Å². The van der Waals surface area contributed by atoms with E-state index in [0.29, 0.717) is 11.2 Å². The largest absolute Gasteiger partial charge is 0.397 e. The Bertz CT molecular complexity index is 784. The topological polar surface area (TPSA) is 82.0 Å². The molecule has 5 heteroatoms. The third kappa shape index (κ3) is 1.53.